The van der Waals surface area contributed by atoms with Gasteiger partial charge < -0.3 is 20.8 Å². The van der Waals surface area contributed by atoms with E-state index >= 15 is 0 Å². The van der Waals surface area contributed by atoms with Crippen LogP contribution < -0.4 is 16.4 Å². The number of nitrogens with one attached hydrogen (secondary N) is 2. The lowest BCUT2D eigenvalue weighted by molar-refractivity contribution is -0.118. The molecule has 78 valence electrons. The Labute approximate surface area is 81.1 Å². The molecule has 1 heterocycles. The van der Waals surface area contributed by atoms with Gasteiger partial charge in [-0.1, -0.05) is 5.10 Å². The Morgan fingerprint density at radius 2 is 2.29 bits per heavy atom. The molecule has 1 amide bonds. The van der Waals surface area contributed by atoms with Gasteiger partial charge in [0, 0.05) is 20.0 Å². The van der Waals surface area contributed by atoms with Crippen molar-refractivity contribution < 1.29 is 9.21 Å². The maximum Gasteiger partial charge on any atom is 0.315 e. The Balaban J connectivity index is 2.21. The van der Waals surface area contributed by atoms with E-state index in [1.165, 1.54) is 6.92 Å². The van der Waals surface area contributed by atoms with Gasteiger partial charge in [0.2, 0.25) is 11.8 Å². The van der Waals surface area contributed by atoms with Crippen LogP contribution in [0.15, 0.2) is 4.42 Å². The Bertz CT molecular complexity index is 298. The Morgan fingerprint density at radius 1 is 1.50 bits per heavy atom. The van der Waals surface area contributed by atoms with Crippen molar-refractivity contribution in [3.8, 4) is 0 Å². The van der Waals surface area contributed by atoms with Gasteiger partial charge in [0.1, 0.15) is 0 Å². The molecule has 0 radical (unpaired) electrons. The number of hydrogen-bond acceptors (Lipinski definition) is 6. The van der Waals surface area contributed by atoms with Crippen LogP contribution in [0.4, 0.5) is 6.01 Å². The van der Waals surface area contributed by atoms with Crippen LogP contribution in [-0.4, -0.2) is 29.2 Å². The molecular weight excluding hydrogens is 186 g/mol. The highest BCUT2D eigenvalue weighted by Crippen LogP contribution is 2.02. The number of nitrogens with zero attached hydrogens (tertiary/aromatic N) is 2. The molecule has 1 aromatic heterocycles. The summed E-state index contributed by atoms with van der Waals surface area (Å²) in [6, 6.07) is 0.316. The molecule has 0 saturated carbocycles. The van der Waals surface area contributed by atoms with Gasteiger partial charge >= 0.3 is 6.01 Å². The summed E-state index contributed by atoms with van der Waals surface area (Å²) >= 11 is 0. The van der Waals surface area contributed by atoms with Crippen LogP contribution in [0.25, 0.3) is 0 Å². The third-order valence-electron chi connectivity index (χ3n) is 1.42. The minimum absolute atomic E-state index is 0.0695. The molecule has 0 saturated heterocycles. The van der Waals surface area contributed by atoms with Crippen LogP contribution >= 0.6 is 0 Å². The molecule has 7 heteroatoms. The molecule has 0 aliphatic carbocycles. The Morgan fingerprint density at radius 3 is 2.86 bits per heavy atom. The number of carbonyl (C=O) groups is 1. The number of amides is 1. The number of carbonyl (C=O) groups excluding carboxylic acids is 1. The van der Waals surface area contributed by atoms with E-state index in [0.717, 1.165) is 0 Å². The molecular formula is C7H13N5O2. The first-order chi connectivity index (χ1) is 6.72. The predicted molar refractivity (Wildman–Crippen MR) is 49.4 cm³/mol. The van der Waals surface area contributed by atoms with E-state index in [-0.39, 0.29) is 12.5 Å². The second kappa shape index (κ2) is 5.18. The van der Waals surface area contributed by atoms with Gasteiger partial charge in [-0.3, -0.25) is 4.79 Å². The van der Waals surface area contributed by atoms with E-state index in [1.54, 1.807) is 0 Å². The molecule has 0 fully saturated rings. The van der Waals surface area contributed by atoms with Crippen molar-refractivity contribution in [3.63, 3.8) is 0 Å². The molecule has 0 spiro atoms. The zero-order valence-electron chi connectivity index (χ0n) is 7.91. The van der Waals surface area contributed by atoms with Crippen molar-refractivity contribution in [2.24, 2.45) is 5.73 Å². The maximum absolute atomic E-state index is 10.5. The van der Waals surface area contributed by atoms with Gasteiger partial charge in [0.15, 0.2) is 0 Å². The fraction of sp³-hybridized carbons (Fsp3) is 0.571. The van der Waals surface area contributed by atoms with E-state index in [0.29, 0.717) is 25.0 Å². The average molecular weight is 199 g/mol. The molecule has 7 nitrogen and oxygen atoms in total. The fourth-order valence-electron chi connectivity index (χ4n) is 0.815. The summed E-state index contributed by atoms with van der Waals surface area (Å²) in [6.45, 7) is 2.72. The first-order valence-electron chi connectivity index (χ1n) is 4.23. The third kappa shape index (κ3) is 3.40. The standard InChI is InChI=1S/C7H13N5O2/c1-5(13)9-2-3-10-7-12-11-6(4-8)14-7/h2-4,8H2,1H3,(H,9,13)(H,10,12). The summed E-state index contributed by atoms with van der Waals surface area (Å²) in [5, 5.41) is 12.8. The lowest BCUT2D eigenvalue weighted by atomic mass is 10.6. The summed E-state index contributed by atoms with van der Waals surface area (Å²) in [6.07, 6.45) is 0. The van der Waals surface area contributed by atoms with E-state index in [9.17, 15) is 4.79 Å². The Hall–Kier alpha value is -1.63. The highest BCUT2D eigenvalue weighted by atomic mass is 16.4. The quantitative estimate of drug-likeness (QED) is 0.529. The first kappa shape index (κ1) is 10.5. The van der Waals surface area contributed by atoms with Crippen molar-refractivity contribution in [3.05, 3.63) is 5.89 Å². The molecule has 14 heavy (non-hydrogen) atoms. The van der Waals surface area contributed by atoms with E-state index in [2.05, 4.69) is 20.8 Å². The number of aromatic nitrogens is 2. The van der Waals surface area contributed by atoms with Crippen LogP contribution in [0.2, 0.25) is 0 Å². The predicted octanol–water partition coefficient (Wildman–Crippen LogP) is -0.924. The van der Waals surface area contributed by atoms with Gasteiger partial charge in [-0.2, -0.15) is 0 Å². The smallest absolute Gasteiger partial charge is 0.315 e. The Kier molecular flexibility index (Phi) is 3.86. The van der Waals surface area contributed by atoms with Crippen LogP contribution in [0.3, 0.4) is 0 Å². The SMILES string of the molecule is CC(=O)NCCNc1nnc(CN)o1. The molecule has 0 aromatic carbocycles. The summed E-state index contributed by atoms with van der Waals surface area (Å²) in [7, 11) is 0. The van der Waals surface area contributed by atoms with E-state index in [4.69, 9.17) is 10.2 Å². The molecule has 0 aliphatic rings. The summed E-state index contributed by atoms with van der Waals surface area (Å²) in [4.78, 5) is 10.5. The van der Waals surface area contributed by atoms with E-state index < -0.39 is 0 Å². The summed E-state index contributed by atoms with van der Waals surface area (Å²) in [5.74, 6) is 0.312. The van der Waals surface area contributed by atoms with Crippen LogP contribution in [-0.2, 0) is 11.3 Å². The second-order valence-corrected chi connectivity index (χ2v) is 2.61. The molecule has 0 atom stereocenters. The zero-order valence-corrected chi connectivity index (χ0v) is 7.91. The molecule has 0 bridgehead atoms. The second-order valence-electron chi connectivity index (χ2n) is 2.61. The minimum Gasteiger partial charge on any atom is -0.407 e. The van der Waals surface area contributed by atoms with Gasteiger partial charge in [-0.15, -0.1) is 5.10 Å². The van der Waals surface area contributed by atoms with Gasteiger partial charge in [0.05, 0.1) is 6.54 Å². The topological polar surface area (TPSA) is 106 Å². The highest BCUT2D eigenvalue weighted by Gasteiger charge is 2.02. The third-order valence-corrected chi connectivity index (χ3v) is 1.42. The van der Waals surface area contributed by atoms with Crippen LogP contribution in [0.5, 0.6) is 0 Å². The van der Waals surface area contributed by atoms with Crippen molar-refractivity contribution in [1.29, 1.82) is 0 Å². The van der Waals surface area contributed by atoms with Gasteiger partial charge in [-0.25, -0.2) is 0 Å². The lowest BCUT2D eigenvalue weighted by Gasteiger charge is -2.01. The van der Waals surface area contributed by atoms with Crippen LogP contribution in [0, 0.1) is 0 Å². The number of nitrogens with two attached hydrogens (primary N) is 1. The largest absolute Gasteiger partial charge is 0.407 e. The molecule has 0 aliphatic heterocycles. The van der Waals surface area contributed by atoms with Crippen molar-refractivity contribution in [2.75, 3.05) is 18.4 Å². The monoisotopic (exact) mass is 199 g/mol. The zero-order chi connectivity index (χ0) is 10.4. The van der Waals surface area contributed by atoms with E-state index in [1.807, 2.05) is 0 Å². The minimum atomic E-state index is -0.0695. The van der Waals surface area contributed by atoms with Gasteiger partial charge in [0.25, 0.3) is 0 Å². The van der Waals surface area contributed by atoms with Crippen LogP contribution in [0.1, 0.15) is 12.8 Å². The average Bonchev–Trinajstić information content (AvgIpc) is 2.60. The maximum atomic E-state index is 10.5. The normalized spacial score (nSPS) is 9.86. The number of rotatable bonds is 5. The summed E-state index contributed by atoms with van der Waals surface area (Å²) < 4.78 is 5.07. The van der Waals surface area contributed by atoms with Crippen molar-refractivity contribution >= 4 is 11.9 Å². The first-order valence-corrected chi connectivity index (χ1v) is 4.23. The molecule has 0 unspecified atom stereocenters. The molecule has 1 rings (SSSR count). The fourth-order valence-corrected chi connectivity index (χ4v) is 0.815. The molecule has 4 N–H and O–H groups in total. The lowest BCUT2D eigenvalue weighted by Crippen LogP contribution is -2.26. The van der Waals surface area contributed by atoms with Crippen molar-refractivity contribution in [1.82, 2.24) is 15.5 Å². The number of hydrogen-bond donors (Lipinski definition) is 3. The van der Waals surface area contributed by atoms with Gasteiger partial charge in [-0.05, 0) is 0 Å². The molecule has 1 aromatic rings. The summed E-state index contributed by atoms with van der Waals surface area (Å²) in [5.41, 5.74) is 5.28. The van der Waals surface area contributed by atoms with Crippen molar-refractivity contribution in [2.45, 2.75) is 13.5 Å². The number of anilines is 1. The highest BCUT2D eigenvalue weighted by molar-refractivity contribution is 5.72.